The van der Waals surface area contributed by atoms with Gasteiger partial charge in [-0.15, -0.1) is 0 Å². The summed E-state index contributed by atoms with van der Waals surface area (Å²) in [5.74, 6) is -76.1. The number of hydrogen-bond acceptors (Lipinski definition) is 0. The predicted octanol–water partition coefficient (Wildman–Crippen LogP) is 12.6. The van der Waals surface area contributed by atoms with Gasteiger partial charge in [-0.1, -0.05) is 0 Å². The highest BCUT2D eigenvalue weighted by Gasteiger charge is 2.41. The summed E-state index contributed by atoms with van der Waals surface area (Å²) in [4.78, 5) is 0. The Bertz CT molecular complexity index is 2680. The first kappa shape index (κ1) is 41.8. The average molecular weight is 888 g/mol. The number of fused-ring (bicyclic) bond motifs is 2. The summed E-state index contributed by atoms with van der Waals surface area (Å²) >= 11 is 0. The van der Waals surface area contributed by atoms with Crippen LogP contribution in [0.1, 0.15) is 0 Å². The first-order chi connectivity index (χ1) is 27.9. The maximum atomic E-state index is 16.7. The van der Waals surface area contributed by atoms with Gasteiger partial charge in [0.2, 0.25) is 23.3 Å². The number of benzene rings is 6. The molecule has 0 bridgehead atoms. The summed E-state index contributed by atoms with van der Waals surface area (Å²) in [6, 6.07) is 0. The lowest BCUT2D eigenvalue weighted by atomic mass is 9.83. The molecule has 0 saturated carbocycles. The first-order valence-corrected chi connectivity index (χ1v) is 15.0. The molecule has 0 N–H and O–H groups in total. The lowest BCUT2D eigenvalue weighted by molar-refractivity contribution is 0.379. The molecule has 0 fully saturated rings. The van der Waals surface area contributed by atoms with E-state index in [1.807, 2.05) is 0 Å². The van der Waals surface area contributed by atoms with Crippen LogP contribution in [-0.4, -0.2) is 0 Å². The fourth-order valence-electron chi connectivity index (χ4n) is 6.49. The van der Waals surface area contributed by atoms with Crippen molar-refractivity contribution < 1.29 is 105 Å². The molecule has 0 aliphatic heterocycles. The summed E-state index contributed by atoms with van der Waals surface area (Å²) in [5.41, 5.74) is -22.8. The lowest BCUT2D eigenvalue weighted by Crippen LogP contribution is -2.16. The zero-order chi connectivity index (χ0) is 44.8. The zero-order valence-electron chi connectivity index (χ0n) is 27.1. The fraction of sp³-hybridized carbons (Fsp3) is 0. The average Bonchev–Trinajstić information content (AvgIpc) is 3.20. The molecule has 7 rings (SSSR count). The molecule has 0 aromatic heterocycles. The minimum atomic E-state index is -3.23. The van der Waals surface area contributed by atoms with Crippen LogP contribution >= 0.6 is 0 Å². The van der Waals surface area contributed by atoms with Crippen molar-refractivity contribution in [3.8, 4) is 44.5 Å². The Balaban J connectivity index is 1.87. The Hall–Kier alpha value is -6.36. The second kappa shape index (κ2) is 13.6. The molecule has 1 aliphatic rings. The zero-order valence-corrected chi connectivity index (χ0v) is 27.1. The van der Waals surface area contributed by atoms with Gasteiger partial charge in [0, 0.05) is 43.1 Å². The van der Waals surface area contributed by atoms with Crippen molar-refractivity contribution in [2.75, 3.05) is 0 Å². The van der Waals surface area contributed by atoms with Gasteiger partial charge in [0.05, 0.1) is 22.3 Å². The van der Waals surface area contributed by atoms with Crippen LogP contribution in [0.5, 0.6) is 0 Å². The predicted molar refractivity (Wildman–Crippen MR) is 149 cm³/mol. The highest BCUT2D eigenvalue weighted by atomic mass is 19.2. The Kier molecular flexibility index (Phi) is 9.46. The molecule has 24 heteroatoms. The van der Waals surface area contributed by atoms with Crippen molar-refractivity contribution in [2.24, 2.45) is 0 Å². The molecule has 0 spiro atoms. The van der Waals surface area contributed by atoms with Crippen LogP contribution < -0.4 is 0 Å². The van der Waals surface area contributed by atoms with E-state index in [0.29, 0.717) is 0 Å². The largest absolute Gasteiger partial charge is 0.206 e. The topological polar surface area (TPSA) is 0 Å². The smallest absolute Gasteiger partial charge is 0.200 e. The third-order valence-electron chi connectivity index (χ3n) is 9.10. The van der Waals surface area contributed by atoms with Gasteiger partial charge in [0.25, 0.3) is 0 Å². The summed E-state index contributed by atoms with van der Waals surface area (Å²) in [6.45, 7) is 0. The SMILES string of the molecule is Fc1c(F)c(F)c(-c2c(-c3c(F)c(F)c(F)c(F)c3F)c(F)c3c(c2F)=c2c(F)c(-c4c(F)c(F)c(F)c(F)c4F)c(-c4c(F)c(F)c(F)c(F)c4F)c(F)c2=3)c(F)c1F. The van der Waals surface area contributed by atoms with Crippen LogP contribution in [0, 0.1) is 160 Å². The Labute approximate surface area is 310 Å². The Morgan fingerprint density at radius 1 is 0.100 bits per heavy atom. The van der Waals surface area contributed by atoms with Crippen molar-refractivity contribution >= 4 is 0 Å². The normalized spacial score (nSPS) is 12.0. The van der Waals surface area contributed by atoms with Gasteiger partial charge >= 0.3 is 0 Å². The standard InChI is InChI=1S/C36F24/c37-13-1-2(14(38)6(10-19(43)27(51)34(58)28(52)20(10)44)5(13)9-17(41)25(49)33(57)26(50)18(9)42)4-3(1)15(39)7(11-21(45)29(53)35(59)30(54)22(11)46)8(16(4)40)12-23(47)31(55)36(60)32(56)24(12)48. The molecule has 0 amide bonds. The van der Waals surface area contributed by atoms with Crippen LogP contribution in [-0.2, 0) is 0 Å². The number of rotatable bonds is 4. The van der Waals surface area contributed by atoms with E-state index in [1.165, 1.54) is 0 Å². The van der Waals surface area contributed by atoms with E-state index >= 15 is 52.7 Å². The molecule has 0 atom stereocenters. The number of halogens is 24. The Morgan fingerprint density at radius 2 is 0.200 bits per heavy atom. The van der Waals surface area contributed by atoms with Crippen molar-refractivity contribution in [1.82, 2.24) is 0 Å². The fourth-order valence-corrected chi connectivity index (χ4v) is 6.49. The van der Waals surface area contributed by atoms with Gasteiger partial charge < -0.3 is 0 Å². The second-order valence-corrected chi connectivity index (χ2v) is 12.0. The van der Waals surface area contributed by atoms with Crippen molar-refractivity contribution in [2.45, 2.75) is 0 Å². The molecular weight excluding hydrogens is 888 g/mol. The molecule has 60 heavy (non-hydrogen) atoms. The highest BCUT2D eigenvalue weighted by Crippen LogP contribution is 2.49. The maximum Gasteiger partial charge on any atom is 0.200 e. The molecule has 0 nitrogen and oxygen atoms in total. The first-order valence-electron chi connectivity index (χ1n) is 15.0. The van der Waals surface area contributed by atoms with E-state index in [-0.39, 0.29) is 0 Å². The van der Waals surface area contributed by atoms with Gasteiger partial charge in [0.15, 0.2) is 93.1 Å². The molecule has 0 unspecified atom stereocenters. The third kappa shape index (κ3) is 5.07. The van der Waals surface area contributed by atoms with Gasteiger partial charge in [-0.3, -0.25) is 0 Å². The second-order valence-electron chi connectivity index (χ2n) is 12.0. The minimum Gasteiger partial charge on any atom is -0.206 e. The highest BCUT2D eigenvalue weighted by molar-refractivity contribution is 5.89. The molecule has 0 radical (unpaired) electrons. The van der Waals surface area contributed by atoms with Crippen LogP contribution in [0.15, 0.2) is 0 Å². The van der Waals surface area contributed by atoms with Crippen LogP contribution in [0.4, 0.5) is 105 Å². The molecular formula is C36F24. The minimum absolute atomic E-state index is 2.28. The number of hydrogen-bond donors (Lipinski definition) is 0. The monoisotopic (exact) mass is 888 g/mol. The summed E-state index contributed by atoms with van der Waals surface area (Å²) < 4.78 is 360. The van der Waals surface area contributed by atoms with Gasteiger partial charge in [-0.25, -0.2) is 105 Å². The van der Waals surface area contributed by atoms with Crippen LogP contribution in [0.3, 0.4) is 0 Å². The van der Waals surface area contributed by atoms with E-state index < -0.39 is 205 Å². The van der Waals surface area contributed by atoms with Crippen LogP contribution in [0.2, 0.25) is 0 Å². The summed E-state index contributed by atoms with van der Waals surface area (Å²) in [5, 5.41) is -9.11. The van der Waals surface area contributed by atoms with E-state index in [9.17, 15) is 52.7 Å². The van der Waals surface area contributed by atoms with E-state index in [2.05, 4.69) is 0 Å². The van der Waals surface area contributed by atoms with Gasteiger partial charge in [-0.05, 0) is 0 Å². The molecule has 6 aromatic carbocycles. The Morgan fingerprint density at radius 3 is 0.317 bits per heavy atom. The van der Waals surface area contributed by atoms with E-state index in [4.69, 9.17) is 0 Å². The van der Waals surface area contributed by atoms with Crippen molar-refractivity contribution in [3.63, 3.8) is 0 Å². The lowest BCUT2D eigenvalue weighted by Gasteiger charge is -2.23. The molecule has 6 aromatic rings. The van der Waals surface area contributed by atoms with E-state index in [1.54, 1.807) is 0 Å². The summed E-state index contributed by atoms with van der Waals surface area (Å²) in [7, 11) is 0. The third-order valence-corrected chi connectivity index (χ3v) is 9.10. The van der Waals surface area contributed by atoms with Crippen molar-refractivity contribution in [1.29, 1.82) is 0 Å². The summed E-state index contributed by atoms with van der Waals surface area (Å²) in [6.07, 6.45) is 0. The maximum absolute atomic E-state index is 16.7. The molecule has 0 heterocycles. The molecule has 312 valence electrons. The van der Waals surface area contributed by atoms with Crippen LogP contribution in [0.25, 0.3) is 44.5 Å². The molecule has 1 aliphatic carbocycles. The van der Waals surface area contributed by atoms with Gasteiger partial charge in [-0.2, -0.15) is 0 Å². The molecule has 0 saturated heterocycles. The van der Waals surface area contributed by atoms with E-state index in [0.717, 1.165) is 0 Å². The van der Waals surface area contributed by atoms with Crippen molar-refractivity contribution in [3.05, 3.63) is 160 Å². The quantitative estimate of drug-likeness (QED) is 0.0938. The van der Waals surface area contributed by atoms with Gasteiger partial charge in [0.1, 0.15) is 23.3 Å².